The van der Waals surface area contributed by atoms with Crippen LogP contribution < -0.4 is 0 Å². The van der Waals surface area contributed by atoms with Crippen molar-refractivity contribution in [3.8, 4) is 0 Å². The molecule has 3 heteroatoms. The van der Waals surface area contributed by atoms with Crippen LogP contribution in [0.3, 0.4) is 0 Å². The molecule has 0 bridgehead atoms. The van der Waals surface area contributed by atoms with Crippen molar-refractivity contribution < 1.29 is 4.74 Å². The van der Waals surface area contributed by atoms with E-state index in [2.05, 4.69) is 34.2 Å². The number of rotatable bonds is 2. The molecule has 0 atom stereocenters. The molecule has 82 valence electrons. The van der Waals surface area contributed by atoms with E-state index in [0.717, 1.165) is 24.4 Å². The van der Waals surface area contributed by atoms with Crippen LogP contribution in [0.25, 0.3) is 10.9 Å². The first-order chi connectivity index (χ1) is 7.90. The van der Waals surface area contributed by atoms with Crippen molar-refractivity contribution >= 4 is 16.6 Å². The van der Waals surface area contributed by atoms with Crippen molar-refractivity contribution in [1.82, 2.24) is 4.98 Å². The monoisotopic (exact) mass is 214 g/mol. The summed E-state index contributed by atoms with van der Waals surface area (Å²) in [4.78, 5) is 7.96. The Morgan fingerprint density at radius 2 is 2.25 bits per heavy atom. The van der Waals surface area contributed by atoms with Gasteiger partial charge in [0.2, 0.25) is 0 Å². The number of ether oxygens (including phenoxy) is 1. The molecular weight excluding hydrogens is 200 g/mol. The van der Waals surface area contributed by atoms with E-state index in [1.54, 1.807) is 7.11 Å². The Morgan fingerprint density at radius 3 is 3.12 bits per heavy atom. The molecule has 1 aliphatic heterocycles. The number of fused-ring (bicyclic) bond motifs is 3. The van der Waals surface area contributed by atoms with E-state index in [4.69, 9.17) is 4.74 Å². The lowest BCUT2D eigenvalue weighted by atomic mass is 10.0. The fourth-order valence-corrected chi connectivity index (χ4v) is 2.34. The van der Waals surface area contributed by atoms with Crippen molar-refractivity contribution in [3.05, 3.63) is 35.5 Å². The van der Waals surface area contributed by atoms with Crippen LogP contribution in [-0.2, 0) is 11.2 Å². The Labute approximate surface area is 94.1 Å². The number of hydrogen-bond donors (Lipinski definition) is 1. The number of aliphatic imine (C=N–C) groups is 1. The van der Waals surface area contributed by atoms with Crippen LogP contribution in [-0.4, -0.2) is 31.0 Å². The number of methoxy groups -OCH3 is 1. The summed E-state index contributed by atoms with van der Waals surface area (Å²) in [5.74, 6) is 0. The van der Waals surface area contributed by atoms with Gasteiger partial charge in [0.25, 0.3) is 0 Å². The molecule has 1 aliphatic rings. The Balaban J connectivity index is 2.19. The first kappa shape index (κ1) is 9.60. The zero-order chi connectivity index (χ0) is 11.0. The predicted octanol–water partition coefficient (Wildman–Crippen LogP) is 2.16. The third-order valence-corrected chi connectivity index (χ3v) is 3.05. The molecule has 0 saturated heterocycles. The summed E-state index contributed by atoms with van der Waals surface area (Å²) in [6, 6.07) is 8.41. The van der Waals surface area contributed by atoms with Gasteiger partial charge in [0.05, 0.1) is 18.0 Å². The summed E-state index contributed by atoms with van der Waals surface area (Å²) in [5, 5.41) is 1.32. The third kappa shape index (κ3) is 1.36. The Morgan fingerprint density at radius 1 is 1.38 bits per heavy atom. The number of para-hydroxylation sites is 1. The van der Waals surface area contributed by atoms with Crippen LogP contribution in [0.5, 0.6) is 0 Å². The zero-order valence-electron chi connectivity index (χ0n) is 9.29. The molecule has 0 aliphatic carbocycles. The van der Waals surface area contributed by atoms with Gasteiger partial charge in [0, 0.05) is 24.6 Å². The minimum Gasteiger partial charge on any atom is -0.378 e. The largest absolute Gasteiger partial charge is 0.378 e. The summed E-state index contributed by atoms with van der Waals surface area (Å²) in [6.45, 7) is 1.45. The summed E-state index contributed by atoms with van der Waals surface area (Å²) >= 11 is 0. The van der Waals surface area contributed by atoms with E-state index in [0.29, 0.717) is 6.61 Å². The van der Waals surface area contributed by atoms with Gasteiger partial charge in [-0.3, -0.25) is 4.99 Å². The predicted molar refractivity (Wildman–Crippen MR) is 65.3 cm³/mol. The molecule has 2 aromatic rings. The minimum absolute atomic E-state index is 0.583. The molecule has 3 rings (SSSR count). The van der Waals surface area contributed by atoms with Gasteiger partial charge in [-0.1, -0.05) is 18.2 Å². The highest BCUT2D eigenvalue weighted by Gasteiger charge is 2.18. The van der Waals surface area contributed by atoms with Crippen molar-refractivity contribution in [2.24, 2.45) is 4.99 Å². The van der Waals surface area contributed by atoms with E-state index in [-0.39, 0.29) is 0 Å². The number of aromatic amines is 1. The lowest BCUT2D eigenvalue weighted by molar-refractivity contribution is 0.245. The fraction of sp³-hybridized carbons (Fsp3) is 0.308. The highest BCUT2D eigenvalue weighted by molar-refractivity contribution is 6.06. The number of nitrogens with zero attached hydrogens (tertiary/aromatic N) is 1. The van der Waals surface area contributed by atoms with Crippen molar-refractivity contribution in [3.63, 3.8) is 0 Å². The van der Waals surface area contributed by atoms with Gasteiger partial charge in [0.1, 0.15) is 0 Å². The maximum Gasteiger partial charge on any atom is 0.0900 e. The molecule has 2 heterocycles. The lowest BCUT2D eigenvalue weighted by Crippen LogP contribution is -2.17. The zero-order valence-corrected chi connectivity index (χ0v) is 9.29. The smallest absolute Gasteiger partial charge is 0.0900 e. The summed E-state index contributed by atoms with van der Waals surface area (Å²) in [7, 11) is 1.71. The van der Waals surface area contributed by atoms with Gasteiger partial charge < -0.3 is 9.72 Å². The maximum absolute atomic E-state index is 5.18. The van der Waals surface area contributed by atoms with Crippen LogP contribution >= 0.6 is 0 Å². The number of H-pyrrole nitrogens is 1. The van der Waals surface area contributed by atoms with Gasteiger partial charge in [-0.15, -0.1) is 0 Å². The van der Waals surface area contributed by atoms with E-state index in [1.807, 2.05) is 0 Å². The number of nitrogens with one attached hydrogen (secondary N) is 1. The molecule has 0 unspecified atom stereocenters. The van der Waals surface area contributed by atoms with Gasteiger partial charge in [0.15, 0.2) is 0 Å². The first-order valence-electron chi connectivity index (χ1n) is 5.52. The molecule has 1 aromatic heterocycles. The quantitative estimate of drug-likeness (QED) is 0.817. The van der Waals surface area contributed by atoms with Crippen LogP contribution in [0.15, 0.2) is 29.3 Å². The van der Waals surface area contributed by atoms with Gasteiger partial charge >= 0.3 is 0 Å². The SMILES string of the molecule is COCC1=NCCc2c1[nH]c1ccccc21. The Hall–Kier alpha value is -1.61. The Bertz CT molecular complexity index is 554. The second-order valence-electron chi connectivity index (χ2n) is 4.04. The minimum atomic E-state index is 0.583. The standard InChI is InChI=1S/C13H14N2O/c1-16-8-12-13-10(6-7-14-12)9-4-2-3-5-11(9)15-13/h2-5,15H,6-8H2,1H3. The number of aromatic nitrogens is 1. The average molecular weight is 214 g/mol. The van der Waals surface area contributed by atoms with E-state index < -0.39 is 0 Å². The average Bonchev–Trinajstić information content (AvgIpc) is 2.69. The fourth-order valence-electron chi connectivity index (χ4n) is 2.34. The van der Waals surface area contributed by atoms with E-state index >= 15 is 0 Å². The second kappa shape index (κ2) is 3.76. The van der Waals surface area contributed by atoms with Crippen LogP contribution in [0.2, 0.25) is 0 Å². The molecule has 0 saturated carbocycles. The molecule has 0 radical (unpaired) electrons. The molecule has 1 aromatic carbocycles. The van der Waals surface area contributed by atoms with E-state index in [1.165, 1.54) is 16.5 Å². The molecule has 1 N–H and O–H groups in total. The first-order valence-corrected chi connectivity index (χ1v) is 5.52. The molecule has 16 heavy (non-hydrogen) atoms. The van der Waals surface area contributed by atoms with E-state index in [9.17, 15) is 0 Å². The highest BCUT2D eigenvalue weighted by atomic mass is 16.5. The molecule has 0 fully saturated rings. The summed E-state index contributed by atoms with van der Waals surface area (Å²) in [6.07, 6.45) is 1.02. The van der Waals surface area contributed by atoms with Crippen LogP contribution in [0.4, 0.5) is 0 Å². The molecular formula is C13H14N2O. The molecule has 3 nitrogen and oxygen atoms in total. The molecule has 0 amide bonds. The lowest BCUT2D eigenvalue weighted by Gasteiger charge is -2.12. The van der Waals surface area contributed by atoms with Gasteiger partial charge in [-0.2, -0.15) is 0 Å². The third-order valence-electron chi connectivity index (χ3n) is 3.05. The van der Waals surface area contributed by atoms with Crippen LogP contribution in [0.1, 0.15) is 11.3 Å². The van der Waals surface area contributed by atoms with Gasteiger partial charge in [-0.05, 0) is 18.1 Å². The highest BCUT2D eigenvalue weighted by Crippen LogP contribution is 2.25. The van der Waals surface area contributed by atoms with Crippen molar-refractivity contribution in [2.75, 3.05) is 20.3 Å². The summed E-state index contributed by atoms with van der Waals surface area (Å²) in [5.41, 5.74) is 4.78. The summed E-state index contributed by atoms with van der Waals surface area (Å²) < 4.78 is 5.18. The molecule has 0 spiro atoms. The topological polar surface area (TPSA) is 37.4 Å². The van der Waals surface area contributed by atoms with Crippen molar-refractivity contribution in [2.45, 2.75) is 6.42 Å². The number of hydrogen-bond acceptors (Lipinski definition) is 2. The Kier molecular flexibility index (Phi) is 2.26. The van der Waals surface area contributed by atoms with Crippen LogP contribution in [0, 0.1) is 0 Å². The number of benzene rings is 1. The maximum atomic E-state index is 5.18. The second-order valence-corrected chi connectivity index (χ2v) is 4.04. The van der Waals surface area contributed by atoms with Gasteiger partial charge in [-0.25, -0.2) is 0 Å². The van der Waals surface area contributed by atoms with Crippen molar-refractivity contribution in [1.29, 1.82) is 0 Å². The normalized spacial score (nSPS) is 14.9.